The van der Waals surface area contributed by atoms with E-state index in [0.717, 1.165) is 5.69 Å². The van der Waals surface area contributed by atoms with Gasteiger partial charge < -0.3 is 9.84 Å². The zero-order valence-electron chi connectivity index (χ0n) is 10.9. The van der Waals surface area contributed by atoms with Gasteiger partial charge in [0, 0.05) is 16.2 Å². The molecular weight excluding hydrogens is 338 g/mol. The molecule has 1 amide bonds. The number of hydrogen-bond donors (Lipinski definition) is 1. The van der Waals surface area contributed by atoms with Crippen LogP contribution < -0.4 is 5.32 Å². The second kappa shape index (κ2) is 5.49. The third kappa shape index (κ3) is 2.84. The fraction of sp³-hybridized carbons (Fsp3) is 0.0769. The van der Waals surface area contributed by atoms with Gasteiger partial charge in [0.25, 0.3) is 5.91 Å². The van der Waals surface area contributed by atoms with E-state index in [1.165, 1.54) is 0 Å². The van der Waals surface area contributed by atoms with Gasteiger partial charge in [-0.2, -0.15) is 0 Å². The monoisotopic (exact) mass is 347 g/mol. The standard InChI is InChI=1S/C13H10BrN5O2/c1-8-4-12(18-21-8)17-13(20)10-5-9(2-3-11(10)14)19-6-15-16-7-19/h2-7H,1H3,(H,17,18,20). The van der Waals surface area contributed by atoms with E-state index in [2.05, 4.69) is 36.6 Å². The summed E-state index contributed by atoms with van der Waals surface area (Å²) in [6.45, 7) is 1.76. The maximum Gasteiger partial charge on any atom is 0.258 e. The topological polar surface area (TPSA) is 85.8 Å². The van der Waals surface area contributed by atoms with E-state index in [1.54, 1.807) is 42.3 Å². The molecule has 0 aliphatic carbocycles. The molecule has 3 rings (SSSR count). The molecule has 2 heterocycles. The van der Waals surface area contributed by atoms with Crippen LogP contribution in [0.15, 0.2) is 45.9 Å². The lowest BCUT2D eigenvalue weighted by Gasteiger charge is -2.07. The molecule has 0 bridgehead atoms. The molecule has 0 unspecified atom stereocenters. The molecular formula is C13H10BrN5O2. The zero-order chi connectivity index (χ0) is 14.8. The lowest BCUT2D eigenvalue weighted by molar-refractivity contribution is 0.102. The van der Waals surface area contributed by atoms with E-state index in [-0.39, 0.29) is 5.91 Å². The maximum atomic E-state index is 12.3. The summed E-state index contributed by atoms with van der Waals surface area (Å²) in [5.74, 6) is 0.715. The first kappa shape index (κ1) is 13.5. The number of benzene rings is 1. The predicted octanol–water partition coefficient (Wildman–Crippen LogP) is 2.58. The predicted molar refractivity (Wildman–Crippen MR) is 78.3 cm³/mol. The number of carbonyl (C=O) groups excluding carboxylic acids is 1. The van der Waals surface area contributed by atoms with Crippen LogP contribution in [0.25, 0.3) is 5.69 Å². The highest BCUT2D eigenvalue weighted by atomic mass is 79.9. The van der Waals surface area contributed by atoms with Crippen LogP contribution in [-0.2, 0) is 0 Å². The van der Waals surface area contributed by atoms with E-state index >= 15 is 0 Å². The first-order valence-corrected chi connectivity index (χ1v) is 6.82. The Labute approximate surface area is 128 Å². The van der Waals surface area contributed by atoms with Gasteiger partial charge in [-0.05, 0) is 41.1 Å². The Morgan fingerprint density at radius 2 is 2.05 bits per heavy atom. The summed E-state index contributed by atoms with van der Waals surface area (Å²) in [4.78, 5) is 12.3. The number of halogens is 1. The molecule has 0 saturated heterocycles. The van der Waals surface area contributed by atoms with Gasteiger partial charge in [0.15, 0.2) is 5.82 Å². The Bertz CT molecular complexity index is 782. The van der Waals surface area contributed by atoms with E-state index in [1.807, 2.05) is 6.07 Å². The van der Waals surface area contributed by atoms with Crippen LogP contribution in [0.2, 0.25) is 0 Å². The zero-order valence-corrected chi connectivity index (χ0v) is 12.5. The second-order valence-electron chi connectivity index (χ2n) is 4.31. The first-order valence-electron chi connectivity index (χ1n) is 6.03. The molecule has 0 aliphatic rings. The van der Waals surface area contributed by atoms with Gasteiger partial charge in [0.1, 0.15) is 18.4 Å². The van der Waals surface area contributed by atoms with Crippen molar-refractivity contribution >= 4 is 27.7 Å². The first-order chi connectivity index (χ1) is 10.1. The van der Waals surface area contributed by atoms with Crippen molar-refractivity contribution in [1.29, 1.82) is 0 Å². The van der Waals surface area contributed by atoms with Crippen molar-refractivity contribution < 1.29 is 9.32 Å². The normalized spacial score (nSPS) is 10.6. The Morgan fingerprint density at radius 1 is 1.29 bits per heavy atom. The lowest BCUT2D eigenvalue weighted by atomic mass is 10.2. The summed E-state index contributed by atoms with van der Waals surface area (Å²) in [5, 5.41) is 13.9. The second-order valence-corrected chi connectivity index (χ2v) is 5.16. The van der Waals surface area contributed by atoms with E-state index in [4.69, 9.17) is 4.52 Å². The van der Waals surface area contributed by atoms with Crippen molar-refractivity contribution in [2.45, 2.75) is 6.92 Å². The molecule has 0 radical (unpaired) electrons. The minimum Gasteiger partial charge on any atom is -0.360 e. The Balaban J connectivity index is 1.90. The highest BCUT2D eigenvalue weighted by Gasteiger charge is 2.13. The fourth-order valence-corrected chi connectivity index (χ4v) is 2.22. The number of aromatic nitrogens is 4. The molecule has 0 fully saturated rings. The maximum absolute atomic E-state index is 12.3. The number of nitrogens with one attached hydrogen (secondary N) is 1. The number of carbonyl (C=O) groups is 1. The smallest absolute Gasteiger partial charge is 0.258 e. The largest absolute Gasteiger partial charge is 0.360 e. The van der Waals surface area contributed by atoms with Gasteiger partial charge in [-0.15, -0.1) is 10.2 Å². The summed E-state index contributed by atoms with van der Waals surface area (Å²) in [5.41, 5.74) is 1.26. The summed E-state index contributed by atoms with van der Waals surface area (Å²) >= 11 is 3.37. The average molecular weight is 348 g/mol. The molecule has 0 saturated carbocycles. The van der Waals surface area contributed by atoms with Crippen LogP contribution in [0.1, 0.15) is 16.1 Å². The molecule has 3 aromatic rings. The molecule has 2 aromatic heterocycles. The SMILES string of the molecule is Cc1cc(NC(=O)c2cc(-n3cnnc3)ccc2Br)no1. The van der Waals surface area contributed by atoms with Crippen molar-refractivity contribution in [1.82, 2.24) is 19.9 Å². The lowest BCUT2D eigenvalue weighted by Crippen LogP contribution is -2.13. The highest BCUT2D eigenvalue weighted by Crippen LogP contribution is 2.21. The molecule has 7 nitrogen and oxygen atoms in total. The number of aryl methyl sites for hydroxylation is 1. The summed E-state index contributed by atoms with van der Waals surface area (Å²) in [6, 6.07) is 7.02. The quantitative estimate of drug-likeness (QED) is 0.786. The number of anilines is 1. The van der Waals surface area contributed by atoms with Crippen molar-refractivity contribution in [2.75, 3.05) is 5.32 Å². The minimum atomic E-state index is -0.287. The fourth-order valence-electron chi connectivity index (χ4n) is 1.79. The van der Waals surface area contributed by atoms with Gasteiger partial charge in [0.05, 0.1) is 5.56 Å². The number of nitrogens with zero attached hydrogens (tertiary/aromatic N) is 4. The van der Waals surface area contributed by atoms with Crippen molar-refractivity contribution in [3.63, 3.8) is 0 Å². The van der Waals surface area contributed by atoms with Crippen LogP contribution in [0.5, 0.6) is 0 Å². The number of amides is 1. The average Bonchev–Trinajstić information content (AvgIpc) is 3.11. The molecule has 1 N–H and O–H groups in total. The Kier molecular flexibility index (Phi) is 3.53. The highest BCUT2D eigenvalue weighted by molar-refractivity contribution is 9.10. The van der Waals surface area contributed by atoms with Crippen LogP contribution in [0.3, 0.4) is 0 Å². The minimum absolute atomic E-state index is 0.287. The van der Waals surface area contributed by atoms with E-state index in [0.29, 0.717) is 21.6 Å². The van der Waals surface area contributed by atoms with Gasteiger partial charge in [-0.1, -0.05) is 5.16 Å². The van der Waals surface area contributed by atoms with Crippen LogP contribution >= 0.6 is 15.9 Å². The Hall–Kier alpha value is -2.48. The van der Waals surface area contributed by atoms with Crippen LogP contribution in [0.4, 0.5) is 5.82 Å². The summed E-state index contributed by atoms with van der Waals surface area (Å²) < 4.78 is 7.31. The van der Waals surface area contributed by atoms with Gasteiger partial charge in [-0.25, -0.2) is 0 Å². The van der Waals surface area contributed by atoms with Crippen molar-refractivity contribution in [2.24, 2.45) is 0 Å². The van der Waals surface area contributed by atoms with Gasteiger partial charge in [0.2, 0.25) is 0 Å². The van der Waals surface area contributed by atoms with Gasteiger partial charge >= 0.3 is 0 Å². The van der Waals surface area contributed by atoms with Crippen molar-refractivity contribution in [3.8, 4) is 5.69 Å². The number of rotatable bonds is 3. The van der Waals surface area contributed by atoms with E-state index in [9.17, 15) is 4.79 Å². The van der Waals surface area contributed by atoms with Crippen LogP contribution in [0, 0.1) is 6.92 Å². The Morgan fingerprint density at radius 3 is 2.71 bits per heavy atom. The third-order valence-corrected chi connectivity index (χ3v) is 3.47. The molecule has 0 aliphatic heterocycles. The number of hydrogen-bond acceptors (Lipinski definition) is 5. The summed E-state index contributed by atoms with van der Waals surface area (Å²) in [7, 11) is 0. The van der Waals surface area contributed by atoms with Gasteiger partial charge in [-0.3, -0.25) is 9.36 Å². The van der Waals surface area contributed by atoms with Crippen LogP contribution in [-0.4, -0.2) is 25.8 Å². The van der Waals surface area contributed by atoms with Crippen molar-refractivity contribution in [3.05, 3.63) is 52.7 Å². The molecule has 106 valence electrons. The molecule has 0 atom stereocenters. The molecule has 0 spiro atoms. The third-order valence-electron chi connectivity index (χ3n) is 2.78. The molecule has 8 heteroatoms. The molecule has 1 aromatic carbocycles. The molecule has 21 heavy (non-hydrogen) atoms. The summed E-state index contributed by atoms with van der Waals surface area (Å²) in [6.07, 6.45) is 3.12. The van der Waals surface area contributed by atoms with E-state index < -0.39 is 0 Å².